The Bertz CT molecular complexity index is 1320. The summed E-state index contributed by atoms with van der Waals surface area (Å²) in [5, 5.41) is 14.2. The van der Waals surface area contributed by atoms with Crippen molar-refractivity contribution in [3.63, 3.8) is 0 Å². The van der Waals surface area contributed by atoms with Crippen LogP contribution in [0.3, 0.4) is 0 Å². The maximum Gasteiger partial charge on any atom is 0.305 e. The number of carbonyl (C=O) groups is 6. The van der Waals surface area contributed by atoms with Crippen molar-refractivity contribution in [2.45, 2.75) is 51.2 Å². The second kappa shape index (κ2) is 11.0. The van der Waals surface area contributed by atoms with Gasteiger partial charge in [-0.05, 0) is 30.4 Å². The summed E-state index contributed by atoms with van der Waals surface area (Å²) >= 11 is 0. The molecule has 0 saturated carbocycles. The van der Waals surface area contributed by atoms with Crippen molar-refractivity contribution in [1.82, 2.24) is 15.5 Å². The summed E-state index contributed by atoms with van der Waals surface area (Å²) in [6.07, 6.45) is 0.678. The molecule has 2 aliphatic rings. The van der Waals surface area contributed by atoms with Gasteiger partial charge in [0, 0.05) is 28.8 Å². The quantitative estimate of drug-likeness (QED) is 0.365. The summed E-state index contributed by atoms with van der Waals surface area (Å²) in [5.41, 5.74) is 2.40. The third kappa shape index (κ3) is 5.06. The van der Waals surface area contributed by atoms with E-state index in [1.807, 2.05) is 0 Å². The molecule has 1 heterocycles. The van der Waals surface area contributed by atoms with Crippen molar-refractivity contribution in [1.29, 1.82) is 0 Å². The Morgan fingerprint density at radius 2 is 1.71 bits per heavy atom. The van der Waals surface area contributed by atoms with Crippen LogP contribution in [-0.2, 0) is 19.2 Å². The molecule has 2 unspecified atom stereocenters. The van der Waals surface area contributed by atoms with Crippen molar-refractivity contribution in [3.05, 3.63) is 59.2 Å². The van der Waals surface area contributed by atoms with E-state index in [1.165, 1.54) is 4.90 Å². The molecule has 0 radical (unpaired) electrons. The third-order valence-corrected chi connectivity index (χ3v) is 6.94. The zero-order valence-corrected chi connectivity index (χ0v) is 21.1. The summed E-state index contributed by atoms with van der Waals surface area (Å²) in [6.45, 7) is 3.83. The van der Waals surface area contributed by atoms with Crippen molar-refractivity contribution in [2.75, 3.05) is 6.54 Å². The molecule has 38 heavy (non-hydrogen) atoms. The van der Waals surface area contributed by atoms with Crippen LogP contribution in [0.4, 0.5) is 0 Å². The fraction of sp³-hybridized carbons (Fsp3) is 0.357. The summed E-state index contributed by atoms with van der Waals surface area (Å²) in [5.74, 6) is -3.29. The van der Waals surface area contributed by atoms with Crippen LogP contribution in [0.25, 0.3) is 11.1 Å². The van der Waals surface area contributed by atoms with E-state index in [0.717, 1.165) is 0 Å². The summed E-state index contributed by atoms with van der Waals surface area (Å²) in [7, 11) is 0. The SMILES string of the molecule is CC(C)C(NC(=O)c1cccc2c1-c1ccccc1C2=O)C(=O)N1CCC[C@H]1C(=O)NC(C=O)CC(=O)O. The number of hydrogen-bond donors (Lipinski definition) is 3. The highest BCUT2D eigenvalue weighted by molar-refractivity contribution is 6.24. The molecule has 1 aliphatic carbocycles. The standard InChI is InChI=1S/C28H29N3O7/c1-15(2)24(28(38)31-12-6-11-21(31)27(37)29-16(14-32)13-22(33)34)30-26(36)20-10-5-9-19-23(20)17-7-3-4-8-18(17)25(19)35/h3-5,7-10,14-16,21,24H,6,11-13H2,1-2H3,(H,29,37)(H,30,36)(H,33,34)/t16?,21-,24?/m0/s1. The molecule has 2 aromatic rings. The first-order valence-corrected chi connectivity index (χ1v) is 12.5. The monoisotopic (exact) mass is 519 g/mol. The van der Waals surface area contributed by atoms with Gasteiger partial charge >= 0.3 is 5.97 Å². The Kier molecular flexibility index (Phi) is 7.70. The lowest BCUT2D eigenvalue weighted by Gasteiger charge is -2.31. The number of carboxylic acids is 1. The molecule has 10 nitrogen and oxygen atoms in total. The van der Waals surface area contributed by atoms with Crippen LogP contribution >= 0.6 is 0 Å². The molecule has 1 aliphatic heterocycles. The van der Waals surface area contributed by atoms with Crippen LogP contribution in [0.15, 0.2) is 42.5 Å². The molecule has 3 atom stereocenters. The number of hydrogen-bond acceptors (Lipinski definition) is 6. The van der Waals surface area contributed by atoms with E-state index in [0.29, 0.717) is 41.4 Å². The zero-order chi connectivity index (χ0) is 27.6. The predicted octanol–water partition coefficient (Wildman–Crippen LogP) is 1.80. The van der Waals surface area contributed by atoms with E-state index in [-0.39, 0.29) is 23.8 Å². The second-order valence-electron chi connectivity index (χ2n) is 9.84. The minimum Gasteiger partial charge on any atom is -0.481 e. The van der Waals surface area contributed by atoms with Crippen LogP contribution in [0.2, 0.25) is 0 Å². The number of carbonyl (C=O) groups excluding carboxylic acids is 5. The molecule has 0 bridgehead atoms. The van der Waals surface area contributed by atoms with Gasteiger partial charge in [-0.2, -0.15) is 0 Å². The number of aliphatic carboxylic acids is 1. The Morgan fingerprint density at radius 3 is 2.37 bits per heavy atom. The summed E-state index contributed by atoms with van der Waals surface area (Å²) < 4.78 is 0. The predicted molar refractivity (Wildman–Crippen MR) is 136 cm³/mol. The molecule has 198 valence electrons. The van der Waals surface area contributed by atoms with E-state index in [9.17, 15) is 28.8 Å². The largest absolute Gasteiger partial charge is 0.481 e. The number of nitrogens with zero attached hydrogens (tertiary/aromatic N) is 1. The van der Waals surface area contributed by atoms with Gasteiger partial charge in [-0.1, -0.05) is 50.2 Å². The smallest absolute Gasteiger partial charge is 0.305 e. The van der Waals surface area contributed by atoms with Gasteiger partial charge in [-0.25, -0.2) is 0 Å². The number of carboxylic acid groups (broad SMARTS) is 1. The van der Waals surface area contributed by atoms with Crippen molar-refractivity contribution in [2.24, 2.45) is 5.92 Å². The van der Waals surface area contributed by atoms with Crippen LogP contribution < -0.4 is 10.6 Å². The minimum absolute atomic E-state index is 0.163. The number of ketones is 1. The Labute approximate surface area is 219 Å². The minimum atomic E-state index is -1.24. The second-order valence-corrected chi connectivity index (χ2v) is 9.84. The molecular formula is C28H29N3O7. The lowest BCUT2D eigenvalue weighted by atomic mass is 9.97. The number of amides is 3. The maximum atomic E-state index is 13.6. The van der Waals surface area contributed by atoms with Crippen LogP contribution in [0.5, 0.6) is 0 Å². The van der Waals surface area contributed by atoms with Gasteiger partial charge in [0.25, 0.3) is 5.91 Å². The number of nitrogens with one attached hydrogen (secondary N) is 2. The first-order chi connectivity index (χ1) is 18.1. The number of likely N-dealkylation sites (tertiary alicyclic amines) is 1. The summed E-state index contributed by atoms with van der Waals surface area (Å²) in [6, 6.07) is 8.91. The molecule has 0 aromatic heterocycles. The lowest BCUT2D eigenvalue weighted by Crippen LogP contribution is -2.56. The average Bonchev–Trinajstić information content (AvgIpc) is 3.50. The third-order valence-electron chi connectivity index (χ3n) is 6.94. The molecule has 10 heteroatoms. The van der Waals surface area contributed by atoms with Gasteiger partial charge in [0.1, 0.15) is 18.4 Å². The van der Waals surface area contributed by atoms with Crippen LogP contribution in [0, 0.1) is 5.92 Å². The van der Waals surface area contributed by atoms with E-state index in [1.54, 1.807) is 56.3 Å². The molecule has 0 spiro atoms. The van der Waals surface area contributed by atoms with E-state index < -0.39 is 48.2 Å². The van der Waals surface area contributed by atoms with E-state index in [4.69, 9.17) is 5.11 Å². The maximum absolute atomic E-state index is 13.6. The highest BCUT2D eigenvalue weighted by Gasteiger charge is 2.40. The number of fused-ring (bicyclic) bond motifs is 3. The van der Waals surface area contributed by atoms with E-state index >= 15 is 0 Å². The van der Waals surface area contributed by atoms with Crippen molar-refractivity contribution in [3.8, 4) is 11.1 Å². The van der Waals surface area contributed by atoms with Gasteiger partial charge in [-0.3, -0.25) is 24.0 Å². The highest BCUT2D eigenvalue weighted by Crippen LogP contribution is 2.38. The molecule has 1 fully saturated rings. The van der Waals surface area contributed by atoms with Gasteiger partial charge in [0.2, 0.25) is 11.8 Å². The van der Waals surface area contributed by atoms with Crippen molar-refractivity contribution < 1.29 is 33.9 Å². The normalized spacial score (nSPS) is 17.4. The number of aldehydes is 1. The molecule has 1 saturated heterocycles. The molecule has 2 aromatic carbocycles. The average molecular weight is 520 g/mol. The van der Waals surface area contributed by atoms with Gasteiger partial charge in [0.15, 0.2) is 5.78 Å². The highest BCUT2D eigenvalue weighted by atomic mass is 16.4. The molecular weight excluding hydrogens is 490 g/mol. The van der Waals surface area contributed by atoms with E-state index in [2.05, 4.69) is 10.6 Å². The van der Waals surface area contributed by atoms with Crippen LogP contribution in [-0.4, -0.2) is 70.4 Å². The first kappa shape index (κ1) is 26.7. The molecule has 4 rings (SSSR count). The number of rotatable bonds is 9. The van der Waals surface area contributed by atoms with Gasteiger partial charge in [-0.15, -0.1) is 0 Å². The Hall–Kier alpha value is -4.34. The molecule has 3 amide bonds. The Morgan fingerprint density at radius 1 is 1.03 bits per heavy atom. The van der Waals surface area contributed by atoms with Gasteiger partial charge in [0.05, 0.1) is 12.5 Å². The fourth-order valence-electron chi connectivity index (χ4n) is 5.08. The fourth-order valence-corrected chi connectivity index (χ4v) is 5.08. The lowest BCUT2D eigenvalue weighted by molar-refractivity contribution is -0.142. The molecule has 3 N–H and O–H groups in total. The Balaban J connectivity index is 1.55. The topological polar surface area (TPSA) is 150 Å². The van der Waals surface area contributed by atoms with Crippen molar-refractivity contribution >= 4 is 35.8 Å². The van der Waals surface area contributed by atoms with Gasteiger partial charge < -0.3 is 25.4 Å². The number of benzene rings is 2. The summed E-state index contributed by atoms with van der Waals surface area (Å²) in [4.78, 5) is 76.3. The van der Waals surface area contributed by atoms with Crippen LogP contribution in [0.1, 0.15) is 59.4 Å². The zero-order valence-electron chi connectivity index (χ0n) is 21.1. The first-order valence-electron chi connectivity index (χ1n) is 12.5.